The maximum Gasteiger partial charge on any atom is 0.353 e. The second-order valence-corrected chi connectivity index (χ2v) is 6.92. The SMILES string of the molecule is O=C(c1ccccc1)c1ccc(NC(=O)c2c(O)c3ccc(Cl)cc3oc2=O)cc1. The number of ketones is 1. The van der Waals surface area contributed by atoms with Crippen LogP contribution in [0.4, 0.5) is 5.69 Å². The molecule has 4 rings (SSSR count). The number of hydrogen-bond donors (Lipinski definition) is 2. The zero-order valence-electron chi connectivity index (χ0n) is 15.4. The molecular weight excluding hydrogens is 406 g/mol. The lowest BCUT2D eigenvalue weighted by Crippen LogP contribution is -2.21. The predicted molar refractivity (Wildman–Crippen MR) is 113 cm³/mol. The molecule has 0 aliphatic rings. The Morgan fingerprint density at radius 1 is 0.900 bits per heavy atom. The van der Waals surface area contributed by atoms with Crippen molar-refractivity contribution >= 4 is 39.9 Å². The van der Waals surface area contributed by atoms with Gasteiger partial charge in [0.1, 0.15) is 11.3 Å². The fourth-order valence-corrected chi connectivity index (χ4v) is 3.18. The molecule has 148 valence electrons. The van der Waals surface area contributed by atoms with E-state index in [-0.39, 0.29) is 16.8 Å². The van der Waals surface area contributed by atoms with Gasteiger partial charge in [0.05, 0.1) is 5.39 Å². The second kappa shape index (κ2) is 7.85. The molecule has 0 spiro atoms. The van der Waals surface area contributed by atoms with E-state index in [1.165, 1.54) is 30.3 Å². The van der Waals surface area contributed by atoms with Crippen LogP contribution in [0.2, 0.25) is 5.02 Å². The molecule has 1 heterocycles. The van der Waals surface area contributed by atoms with Gasteiger partial charge in [-0.05, 0) is 36.4 Å². The van der Waals surface area contributed by atoms with Crippen molar-refractivity contribution in [2.45, 2.75) is 0 Å². The van der Waals surface area contributed by atoms with E-state index in [1.807, 2.05) is 6.07 Å². The zero-order chi connectivity index (χ0) is 21.3. The fraction of sp³-hybridized carbons (Fsp3) is 0. The minimum atomic E-state index is -0.990. The molecule has 1 amide bonds. The van der Waals surface area contributed by atoms with Gasteiger partial charge >= 0.3 is 5.63 Å². The highest BCUT2D eigenvalue weighted by Gasteiger charge is 2.21. The first kappa shape index (κ1) is 19.4. The summed E-state index contributed by atoms with van der Waals surface area (Å²) in [5.74, 6) is -1.48. The number of halogens is 1. The Morgan fingerprint density at radius 2 is 1.57 bits per heavy atom. The lowest BCUT2D eigenvalue weighted by atomic mass is 10.0. The molecule has 7 heteroatoms. The Hall–Kier alpha value is -3.90. The van der Waals surface area contributed by atoms with Gasteiger partial charge in [-0.3, -0.25) is 9.59 Å². The molecule has 0 saturated carbocycles. The van der Waals surface area contributed by atoms with Crippen LogP contribution in [0.25, 0.3) is 11.0 Å². The van der Waals surface area contributed by atoms with Gasteiger partial charge in [-0.25, -0.2) is 4.79 Å². The van der Waals surface area contributed by atoms with Crippen LogP contribution >= 0.6 is 11.6 Å². The largest absolute Gasteiger partial charge is 0.506 e. The molecule has 0 fully saturated rings. The average molecular weight is 420 g/mol. The van der Waals surface area contributed by atoms with Crippen LogP contribution in [0.15, 0.2) is 82.0 Å². The van der Waals surface area contributed by atoms with Gasteiger partial charge < -0.3 is 14.8 Å². The van der Waals surface area contributed by atoms with Gasteiger partial charge in [0.2, 0.25) is 0 Å². The van der Waals surface area contributed by atoms with Gasteiger partial charge in [0.15, 0.2) is 11.3 Å². The van der Waals surface area contributed by atoms with E-state index < -0.39 is 22.8 Å². The molecule has 0 unspecified atom stereocenters. The molecule has 0 aliphatic carbocycles. The molecule has 6 nitrogen and oxygen atoms in total. The smallest absolute Gasteiger partial charge is 0.353 e. The quantitative estimate of drug-likeness (QED) is 0.371. The van der Waals surface area contributed by atoms with E-state index in [0.717, 1.165) is 0 Å². The summed E-state index contributed by atoms with van der Waals surface area (Å²) in [4.78, 5) is 37.3. The van der Waals surface area contributed by atoms with Crippen LogP contribution in [-0.4, -0.2) is 16.8 Å². The number of anilines is 1. The topological polar surface area (TPSA) is 96.6 Å². The molecule has 1 aromatic heterocycles. The molecular formula is C23H14ClNO5. The Kier molecular flexibility index (Phi) is 5.08. The second-order valence-electron chi connectivity index (χ2n) is 6.48. The molecule has 0 atom stereocenters. The van der Waals surface area contributed by atoms with Crippen molar-refractivity contribution in [2.24, 2.45) is 0 Å². The summed E-state index contributed by atoms with van der Waals surface area (Å²) in [6.45, 7) is 0. The Labute approximate surface area is 175 Å². The highest BCUT2D eigenvalue weighted by atomic mass is 35.5. The van der Waals surface area contributed by atoms with Gasteiger partial charge in [0.25, 0.3) is 5.91 Å². The Balaban J connectivity index is 1.59. The molecule has 4 aromatic rings. The van der Waals surface area contributed by atoms with Crippen LogP contribution < -0.4 is 10.9 Å². The van der Waals surface area contributed by atoms with Gasteiger partial charge in [0, 0.05) is 27.9 Å². The highest BCUT2D eigenvalue weighted by molar-refractivity contribution is 6.31. The molecule has 30 heavy (non-hydrogen) atoms. The normalized spacial score (nSPS) is 10.7. The predicted octanol–water partition coefficient (Wildman–Crippen LogP) is 4.64. The first-order valence-electron chi connectivity index (χ1n) is 8.90. The summed E-state index contributed by atoms with van der Waals surface area (Å²) in [5, 5.41) is 13.4. The van der Waals surface area contributed by atoms with Crippen molar-refractivity contribution in [3.63, 3.8) is 0 Å². The molecule has 0 radical (unpaired) electrons. The third kappa shape index (κ3) is 3.68. The molecule has 0 saturated heterocycles. The number of hydrogen-bond acceptors (Lipinski definition) is 5. The van der Waals surface area contributed by atoms with Crippen molar-refractivity contribution in [1.82, 2.24) is 0 Å². The van der Waals surface area contributed by atoms with Crippen molar-refractivity contribution in [1.29, 1.82) is 0 Å². The first-order valence-corrected chi connectivity index (χ1v) is 9.28. The van der Waals surface area contributed by atoms with Crippen LogP contribution in [0.1, 0.15) is 26.3 Å². The maximum atomic E-state index is 12.6. The maximum absolute atomic E-state index is 12.6. The van der Waals surface area contributed by atoms with Crippen molar-refractivity contribution in [2.75, 3.05) is 5.32 Å². The summed E-state index contributed by atoms with van der Waals surface area (Å²) in [6.07, 6.45) is 0. The number of carbonyl (C=O) groups is 2. The van der Waals surface area contributed by atoms with Crippen LogP contribution in [0.5, 0.6) is 5.75 Å². The lowest BCUT2D eigenvalue weighted by molar-refractivity contribution is 0.101. The van der Waals surface area contributed by atoms with Crippen molar-refractivity contribution < 1.29 is 19.1 Å². The van der Waals surface area contributed by atoms with Crippen LogP contribution in [-0.2, 0) is 0 Å². The first-order chi connectivity index (χ1) is 14.4. The monoisotopic (exact) mass is 419 g/mol. The number of nitrogens with one attached hydrogen (secondary N) is 1. The summed E-state index contributed by atoms with van der Waals surface area (Å²) < 4.78 is 5.11. The van der Waals surface area contributed by atoms with E-state index in [1.54, 1.807) is 36.4 Å². The summed E-state index contributed by atoms with van der Waals surface area (Å²) in [5.41, 5.74) is -0.0907. The third-order valence-electron chi connectivity index (χ3n) is 4.51. The van der Waals surface area contributed by atoms with E-state index in [2.05, 4.69) is 5.32 Å². The molecule has 3 aromatic carbocycles. The number of fused-ring (bicyclic) bond motifs is 1. The average Bonchev–Trinajstić information content (AvgIpc) is 2.74. The number of carbonyl (C=O) groups excluding carboxylic acids is 2. The van der Waals surface area contributed by atoms with Gasteiger partial charge in [-0.1, -0.05) is 41.9 Å². The lowest BCUT2D eigenvalue weighted by Gasteiger charge is -2.08. The number of aromatic hydroxyl groups is 1. The minimum Gasteiger partial charge on any atom is -0.506 e. The minimum absolute atomic E-state index is 0.0744. The molecule has 2 N–H and O–H groups in total. The number of benzene rings is 3. The summed E-state index contributed by atoms with van der Waals surface area (Å²) in [6, 6.07) is 19.3. The Bertz CT molecular complexity index is 1330. The summed E-state index contributed by atoms with van der Waals surface area (Å²) in [7, 11) is 0. The fourth-order valence-electron chi connectivity index (χ4n) is 3.01. The van der Waals surface area contributed by atoms with E-state index in [4.69, 9.17) is 16.0 Å². The van der Waals surface area contributed by atoms with Crippen LogP contribution in [0, 0.1) is 0 Å². The summed E-state index contributed by atoms with van der Waals surface area (Å²) >= 11 is 5.86. The Morgan fingerprint density at radius 3 is 2.27 bits per heavy atom. The number of amides is 1. The van der Waals surface area contributed by atoms with Crippen molar-refractivity contribution in [3.8, 4) is 5.75 Å². The van der Waals surface area contributed by atoms with Gasteiger partial charge in [-0.2, -0.15) is 0 Å². The van der Waals surface area contributed by atoms with E-state index in [0.29, 0.717) is 21.8 Å². The van der Waals surface area contributed by atoms with E-state index >= 15 is 0 Å². The van der Waals surface area contributed by atoms with Gasteiger partial charge in [-0.15, -0.1) is 0 Å². The highest BCUT2D eigenvalue weighted by Crippen LogP contribution is 2.29. The van der Waals surface area contributed by atoms with Crippen molar-refractivity contribution in [3.05, 3.63) is 105 Å². The van der Waals surface area contributed by atoms with E-state index in [9.17, 15) is 19.5 Å². The standard InChI is InChI=1S/C23H14ClNO5/c24-15-8-11-17-18(12-15)30-23(29)19(21(17)27)22(28)25-16-9-6-14(7-10-16)20(26)13-4-2-1-3-5-13/h1-12,27H,(H,25,28). The zero-order valence-corrected chi connectivity index (χ0v) is 16.1. The third-order valence-corrected chi connectivity index (χ3v) is 4.75. The number of rotatable bonds is 4. The molecule has 0 aliphatic heterocycles. The van der Waals surface area contributed by atoms with Crippen LogP contribution in [0.3, 0.4) is 0 Å². The molecule has 0 bridgehead atoms.